The molecular weight excluding hydrogens is 218 g/mol. The van der Waals surface area contributed by atoms with Crippen molar-refractivity contribution in [1.29, 1.82) is 0 Å². The first-order chi connectivity index (χ1) is 5.90. The quantitative estimate of drug-likeness (QED) is 0.570. The van der Waals surface area contributed by atoms with Crippen LogP contribution < -0.4 is 0 Å². The van der Waals surface area contributed by atoms with Crippen molar-refractivity contribution in [2.75, 3.05) is 18.4 Å². The van der Waals surface area contributed by atoms with Gasteiger partial charge < -0.3 is 4.74 Å². The molecule has 13 heavy (non-hydrogen) atoms. The molecule has 0 N–H and O–H groups in total. The van der Waals surface area contributed by atoms with Crippen LogP contribution in [-0.2, 0) is 24.8 Å². The minimum absolute atomic E-state index is 0.242. The largest absolute Gasteiger partial charge is 0.347 e. The molecule has 1 fully saturated rings. The maximum absolute atomic E-state index is 11.2. The fourth-order valence-electron chi connectivity index (χ4n) is 0.868. The molecule has 6 nitrogen and oxygen atoms in total. The SMILES string of the molecule is C=CCN1S(=O)(=O)COCS1(=O)=O. The van der Waals surface area contributed by atoms with E-state index in [1.165, 1.54) is 6.08 Å². The summed E-state index contributed by atoms with van der Waals surface area (Å²) in [7, 11) is -7.68. The molecule has 1 aliphatic heterocycles. The summed E-state index contributed by atoms with van der Waals surface area (Å²) in [6, 6.07) is 0. The molecule has 0 aromatic carbocycles. The Labute approximate surface area is 76.9 Å². The molecule has 76 valence electrons. The van der Waals surface area contributed by atoms with Crippen LogP contribution in [0, 0.1) is 0 Å². The van der Waals surface area contributed by atoms with E-state index in [-0.39, 0.29) is 6.54 Å². The van der Waals surface area contributed by atoms with Crippen LogP contribution in [0.4, 0.5) is 0 Å². The summed E-state index contributed by atoms with van der Waals surface area (Å²) in [6.07, 6.45) is 1.21. The van der Waals surface area contributed by atoms with E-state index in [9.17, 15) is 16.8 Å². The van der Waals surface area contributed by atoms with Gasteiger partial charge in [-0.05, 0) is 0 Å². The minimum atomic E-state index is -3.84. The number of hydrogen-bond acceptors (Lipinski definition) is 5. The minimum Gasteiger partial charge on any atom is -0.347 e. The average Bonchev–Trinajstić information content (AvgIpc) is 1.96. The number of ether oxygens (including phenoxy) is 1. The maximum Gasteiger partial charge on any atom is 0.251 e. The van der Waals surface area contributed by atoms with Gasteiger partial charge in [-0.15, -0.1) is 6.58 Å². The highest BCUT2D eigenvalue weighted by Crippen LogP contribution is 2.15. The highest BCUT2D eigenvalue weighted by atomic mass is 32.3. The molecule has 8 heteroatoms. The van der Waals surface area contributed by atoms with Crippen LogP contribution in [0.1, 0.15) is 0 Å². The Balaban J connectivity index is 3.13. The van der Waals surface area contributed by atoms with Crippen molar-refractivity contribution >= 4 is 20.0 Å². The zero-order valence-corrected chi connectivity index (χ0v) is 8.34. The second kappa shape index (κ2) is 3.37. The zero-order chi connectivity index (χ0) is 10.1. The van der Waals surface area contributed by atoms with Crippen LogP contribution >= 0.6 is 0 Å². The van der Waals surface area contributed by atoms with Crippen molar-refractivity contribution in [1.82, 2.24) is 3.71 Å². The van der Waals surface area contributed by atoms with Crippen molar-refractivity contribution in [3.63, 3.8) is 0 Å². The highest BCUT2D eigenvalue weighted by Gasteiger charge is 2.37. The first kappa shape index (κ1) is 10.6. The maximum atomic E-state index is 11.2. The van der Waals surface area contributed by atoms with Crippen molar-refractivity contribution in [3.8, 4) is 0 Å². The van der Waals surface area contributed by atoms with Gasteiger partial charge in [0, 0.05) is 6.54 Å². The number of rotatable bonds is 2. The molecule has 1 saturated heterocycles. The first-order valence-corrected chi connectivity index (χ1v) is 6.54. The number of hydrogen-bond donors (Lipinski definition) is 0. The van der Waals surface area contributed by atoms with E-state index in [0.29, 0.717) is 3.71 Å². The van der Waals surface area contributed by atoms with Gasteiger partial charge in [0.15, 0.2) is 11.9 Å². The Morgan fingerprint density at radius 2 is 1.69 bits per heavy atom. The third-order valence-electron chi connectivity index (χ3n) is 1.36. The van der Waals surface area contributed by atoms with E-state index in [4.69, 9.17) is 0 Å². The Hall–Kier alpha value is -0.440. The van der Waals surface area contributed by atoms with E-state index in [0.717, 1.165) is 0 Å². The van der Waals surface area contributed by atoms with E-state index in [2.05, 4.69) is 11.3 Å². The van der Waals surface area contributed by atoms with Crippen molar-refractivity contribution in [3.05, 3.63) is 12.7 Å². The van der Waals surface area contributed by atoms with Crippen molar-refractivity contribution in [2.45, 2.75) is 0 Å². The molecule has 0 aromatic heterocycles. The summed E-state index contributed by atoms with van der Waals surface area (Å²) in [5, 5.41) is 0. The van der Waals surface area contributed by atoms with Crippen LogP contribution in [-0.4, -0.2) is 39.0 Å². The third-order valence-corrected chi connectivity index (χ3v) is 5.19. The molecule has 0 amide bonds. The van der Waals surface area contributed by atoms with Gasteiger partial charge >= 0.3 is 0 Å². The van der Waals surface area contributed by atoms with Gasteiger partial charge in [0.25, 0.3) is 20.0 Å². The van der Waals surface area contributed by atoms with Crippen LogP contribution in [0.25, 0.3) is 0 Å². The topological polar surface area (TPSA) is 80.8 Å². The third kappa shape index (κ3) is 2.08. The monoisotopic (exact) mass is 227 g/mol. The van der Waals surface area contributed by atoms with Gasteiger partial charge in [0.1, 0.15) is 0 Å². The lowest BCUT2D eigenvalue weighted by molar-refractivity contribution is 0.207. The standard InChI is InChI=1S/C5H9NO5S2/c1-2-3-6-12(7,8)4-11-5-13(6,9)10/h2H,1,3-5H2. The second-order valence-electron chi connectivity index (χ2n) is 2.41. The molecule has 0 spiro atoms. The molecule has 0 aliphatic carbocycles. The van der Waals surface area contributed by atoms with Gasteiger partial charge in [-0.3, -0.25) is 0 Å². The lowest BCUT2D eigenvalue weighted by atomic mass is 10.7. The Kier molecular flexibility index (Phi) is 2.76. The molecule has 0 radical (unpaired) electrons. The molecule has 1 rings (SSSR count). The summed E-state index contributed by atoms with van der Waals surface area (Å²) in [4.78, 5) is 0. The second-order valence-corrected chi connectivity index (χ2v) is 6.32. The lowest BCUT2D eigenvalue weighted by Gasteiger charge is -2.24. The normalized spacial score (nSPS) is 26.8. The first-order valence-electron chi connectivity index (χ1n) is 3.32. The molecule has 1 aliphatic rings. The zero-order valence-electron chi connectivity index (χ0n) is 6.71. The summed E-state index contributed by atoms with van der Waals surface area (Å²) in [5.41, 5.74) is 0. The van der Waals surface area contributed by atoms with Gasteiger partial charge in [0.05, 0.1) is 0 Å². The van der Waals surface area contributed by atoms with Gasteiger partial charge in [0.2, 0.25) is 0 Å². The van der Waals surface area contributed by atoms with E-state index < -0.39 is 31.9 Å². The average molecular weight is 227 g/mol. The van der Waals surface area contributed by atoms with Crippen LogP contribution in [0.2, 0.25) is 0 Å². The molecule has 1 heterocycles. The predicted molar refractivity (Wildman–Crippen MR) is 45.6 cm³/mol. The number of nitrogens with zero attached hydrogens (tertiary/aromatic N) is 1. The van der Waals surface area contributed by atoms with Crippen LogP contribution in [0.3, 0.4) is 0 Å². The summed E-state index contributed by atoms with van der Waals surface area (Å²) < 4.78 is 49.5. The Bertz CT molecular complexity index is 361. The molecule has 0 atom stereocenters. The molecule has 0 aromatic rings. The van der Waals surface area contributed by atoms with E-state index >= 15 is 0 Å². The fraction of sp³-hybridized carbons (Fsp3) is 0.600. The lowest BCUT2D eigenvalue weighted by Crippen LogP contribution is -2.45. The number of sulfonamides is 2. The van der Waals surface area contributed by atoms with Crippen LogP contribution in [0.5, 0.6) is 0 Å². The molecular formula is C5H9NO5S2. The molecule has 0 bridgehead atoms. The predicted octanol–water partition coefficient (Wildman–Crippen LogP) is -0.921. The van der Waals surface area contributed by atoms with Crippen molar-refractivity contribution < 1.29 is 21.6 Å². The molecule has 0 saturated carbocycles. The Morgan fingerprint density at radius 1 is 1.23 bits per heavy atom. The highest BCUT2D eigenvalue weighted by molar-refractivity contribution is 8.04. The van der Waals surface area contributed by atoms with E-state index in [1.54, 1.807) is 0 Å². The summed E-state index contributed by atoms with van der Waals surface area (Å²) >= 11 is 0. The summed E-state index contributed by atoms with van der Waals surface area (Å²) in [6.45, 7) is 3.03. The van der Waals surface area contributed by atoms with Gasteiger partial charge in [-0.1, -0.05) is 9.79 Å². The smallest absolute Gasteiger partial charge is 0.251 e. The fourth-order valence-corrected chi connectivity index (χ4v) is 4.10. The summed E-state index contributed by atoms with van der Waals surface area (Å²) in [5.74, 6) is -1.19. The molecule has 0 unspecified atom stereocenters. The van der Waals surface area contributed by atoms with E-state index in [1.807, 2.05) is 0 Å². The Morgan fingerprint density at radius 3 is 2.08 bits per heavy atom. The van der Waals surface area contributed by atoms with Gasteiger partial charge in [-0.2, -0.15) is 0 Å². The van der Waals surface area contributed by atoms with Crippen LogP contribution in [0.15, 0.2) is 12.7 Å². The van der Waals surface area contributed by atoms with Gasteiger partial charge in [-0.25, -0.2) is 16.8 Å². The van der Waals surface area contributed by atoms with Crippen molar-refractivity contribution in [2.24, 2.45) is 0 Å².